The minimum absolute atomic E-state index is 0.158. The van der Waals surface area contributed by atoms with Crippen LogP contribution in [0.15, 0.2) is 24.5 Å². The lowest BCUT2D eigenvalue weighted by atomic mass is 10.1. The molecule has 5 nitrogen and oxygen atoms in total. The van der Waals surface area contributed by atoms with E-state index in [1.54, 1.807) is 0 Å². The van der Waals surface area contributed by atoms with Gasteiger partial charge in [0.05, 0.1) is 11.7 Å². The van der Waals surface area contributed by atoms with E-state index >= 15 is 0 Å². The Morgan fingerprint density at radius 2 is 2.00 bits per heavy atom. The molecule has 21 heavy (non-hydrogen) atoms. The molecule has 0 fully saturated rings. The van der Waals surface area contributed by atoms with Gasteiger partial charge in [0.2, 0.25) is 0 Å². The van der Waals surface area contributed by atoms with Gasteiger partial charge in [-0.1, -0.05) is 0 Å². The quantitative estimate of drug-likeness (QED) is 0.696. The van der Waals surface area contributed by atoms with E-state index < -0.39 is 0 Å². The van der Waals surface area contributed by atoms with Crippen molar-refractivity contribution < 1.29 is 0 Å². The van der Waals surface area contributed by atoms with Crippen molar-refractivity contribution in [3.8, 4) is 0 Å². The van der Waals surface area contributed by atoms with Crippen molar-refractivity contribution in [2.75, 3.05) is 5.88 Å². The van der Waals surface area contributed by atoms with Gasteiger partial charge >= 0.3 is 0 Å². The number of hydrogen-bond acceptors (Lipinski definition) is 3. The molecule has 1 atom stereocenters. The molecule has 0 aliphatic carbocycles. The van der Waals surface area contributed by atoms with Gasteiger partial charge in [-0.3, -0.25) is 9.67 Å². The lowest BCUT2D eigenvalue weighted by Crippen LogP contribution is -2.13. The first kappa shape index (κ1) is 14.1. The molecule has 0 radical (unpaired) electrons. The molecule has 6 heteroatoms. The standard InChI is InChI=1S/C15H18ClN5/c1-10-14-15(20(3)19-10)21(13(18-14)4-7-16)11(2)12-5-8-17-9-6-12/h5-6,8-9,11H,4,7H2,1-3H3. The summed E-state index contributed by atoms with van der Waals surface area (Å²) in [5.41, 5.74) is 4.14. The number of aromatic nitrogens is 5. The van der Waals surface area contributed by atoms with E-state index in [1.165, 1.54) is 5.56 Å². The van der Waals surface area contributed by atoms with E-state index in [4.69, 9.17) is 16.6 Å². The van der Waals surface area contributed by atoms with Gasteiger partial charge in [0.1, 0.15) is 11.3 Å². The van der Waals surface area contributed by atoms with Crippen molar-refractivity contribution >= 4 is 22.8 Å². The number of alkyl halides is 1. The molecule has 1 unspecified atom stereocenters. The molecule has 3 heterocycles. The molecule has 0 spiro atoms. The molecule has 0 bridgehead atoms. The topological polar surface area (TPSA) is 48.5 Å². The van der Waals surface area contributed by atoms with Gasteiger partial charge in [-0.15, -0.1) is 11.6 Å². The van der Waals surface area contributed by atoms with Crippen molar-refractivity contribution in [2.45, 2.75) is 26.3 Å². The third-order valence-corrected chi connectivity index (χ3v) is 3.99. The molecule has 0 saturated heterocycles. The van der Waals surface area contributed by atoms with E-state index in [9.17, 15) is 0 Å². The maximum atomic E-state index is 5.95. The van der Waals surface area contributed by atoms with Crippen LogP contribution in [0.2, 0.25) is 0 Å². The van der Waals surface area contributed by atoms with E-state index in [-0.39, 0.29) is 6.04 Å². The number of fused-ring (bicyclic) bond motifs is 1. The fraction of sp³-hybridized carbons (Fsp3) is 0.400. The molecule has 0 saturated carbocycles. The highest BCUT2D eigenvalue weighted by Crippen LogP contribution is 2.27. The summed E-state index contributed by atoms with van der Waals surface area (Å²) in [6.07, 6.45) is 4.37. The Balaban J connectivity index is 2.21. The molecule has 3 rings (SSSR count). The Bertz CT molecular complexity index is 759. The van der Waals surface area contributed by atoms with Gasteiger partial charge in [0, 0.05) is 31.7 Å². The minimum Gasteiger partial charge on any atom is -0.306 e. The van der Waals surface area contributed by atoms with Crippen molar-refractivity contribution in [1.29, 1.82) is 0 Å². The fourth-order valence-corrected chi connectivity index (χ4v) is 2.97. The zero-order valence-electron chi connectivity index (χ0n) is 12.4. The summed E-state index contributed by atoms with van der Waals surface area (Å²) in [6.45, 7) is 4.15. The number of nitrogens with zero attached hydrogens (tertiary/aromatic N) is 5. The van der Waals surface area contributed by atoms with Gasteiger partial charge in [0.25, 0.3) is 0 Å². The van der Waals surface area contributed by atoms with Gasteiger partial charge in [-0.2, -0.15) is 5.10 Å². The Labute approximate surface area is 128 Å². The number of halogens is 1. The Hall–Kier alpha value is -1.88. The zero-order valence-corrected chi connectivity index (χ0v) is 13.2. The highest BCUT2D eigenvalue weighted by Gasteiger charge is 2.21. The van der Waals surface area contributed by atoms with Gasteiger partial charge in [-0.05, 0) is 31.5 Å². The molecule has 0 aromatic carbocycles. The van der Waals surface area contributed by atoms with Gasteiger partial charge < -0.3 is 4.57 Å². The summed E-state index contributed by atoms with van der Waals surface area (Å²) in [5, 5.41) is 4.48. The average molecular weight is 304 g/mol. The Kier molecular flexibility index (Phi) is 3.68. The smallest absolute Gasteiger partial charge is 0.159 e. The summed E-state index contributed by atoms with van der Waals surface area (Å²) in [6, 6.07) is 4.22. The maximum absolute atomic E-state index is 5.95. The van der Waals surface area contributed by atoms with Crippen molar-refractivity contribution in [3.63, 3.8) is 0 Å². The van der Waals surface area contributed by atoms with Crippen LogP contribution in [-0.4, -0.2) is 30.2 Å². The normalized spacial score (nSPS) is 13.0. The zero-order chi connectivity index (χ0) is 15.0. The lowest BCUT2D eigenvalue weighted by molar-refractivity contribution is 0.599. The first-order chi connectivity index (χ1) is 10.1. The predicted molar refractivity (Wildman–Crippen MR) is 83.7 cm³/mol. The van der Waals surface area contributed by atoms with Crippen molar-refractivity contribution in [3.05, 3.63) is 41.6 Å². The molecule has 110 valence electrons. The highest BCUT2D eigenvalue weighted by atomic mass is 35.5. The first-order valence-electron chi connectivity index (χ1n) is 6.99. The van der Waals surface area contributed by atoms with Crippen LogP contribution in [0.4, 0.5) is 0 Å². The van der Waals surface area contributed by atoms with Crippen LogP contribution >= 0.6 is 11.6 Å². The first-order valence-corrected chi connectivity index (χ1v) is 7.53. The summed E-state index contributed by atoms with van der Waals surface area (Å²) < 4.78 is 4.13. The van der Waals surface area contributed by atoms with Crippen LogP contribution in [0.5, 0.6) is 0 Å². The van der Waals surface area contributed by atoms with Crippen LogP contribution in [0.3, 0.4) is 0 Å². The summed E-state index contributed by atoms with van der Waals surface area (Å²) in [4.78, 5) is 8.84. The van der Waals surface area contributed by atoms with Crippen LogP contribution in [-0.2, 0) is 13.5 Å². The van der Waals surface area contributed by atoms with Crippen LogP contribution in [0.25, 0.3) is 11.2 Å². The molecule has 0 aliphatic heterocycles. The molecule has 3 aromatic rings. The third-order valence-electron chi connectivity index (χ3n) is 3.80. The predicted octanol–water partition coefficient (Wildman–Crippen LogP) is 2.86. The number of imidazole rings is 1. The molecular weight excluding hydrogens is 286 g/mol. The SMILES string of the molecule is Cc1nn(C)c2c1nc(CCCl)n2C(C)c1ccncc1. The second-order valence-corrected chi connectivity index (χ2v) is 5.55. The monoisotopic (exact) mass is 303 g/mol. The highest BCUT2D eigenvalue weighted by molar-refractivity contribution is 6.17. The van der Waals surface area contributed by atoms with Crippen molar-refractivity contribution in [2.24, 2.45) is 7.05 Å². The molecule has 0 amide bonds. The lowest BCUT2D eigenvalue weighted by Gasteiger charge is -2.17. The van der Waals surface area contributed by atoms with Crippen LogP contribution < -0.4 is 0 Å². The van der Waals surface area contributed by atoms with Crippen LogP contribution in [0.1, 0.15) is 30.0 Å². The third kappa shape index (κ3) is 2.31. The second kappa shape index (κ2) is 5.48. The minimum atomic E-state index is 0.158. The fourth-order valence-electron chi connectivity index (χ4n) is 2.80. The summed E-state index contributed by atoms with van der Waals surface area (Å²) in [7, 11) is 1.96. The molecular formula is C15H18ClN5. The molecule has 0 aliphatic rings. The Morgan fingerprint density at radius 3 is 2.67 bits per heavy atom. The van der Waals surface area contributed by atoms with Gasteiger partial charge in [-0.25, -0.2) is 4.98 Å². The largest absolute Gasteiger partial charge is 0.306 e. The van der Waals surface area contributed by atoms with Crippen LogP contribution in [0, 0.1) is 6.92 Å². The number of aryl methyl sites for hydroxylation is 3. The summed E-state index contributed by atoms with van der Waals surface area (Å²) >= 11 is 5.95. The molecule has 0 N–H and O–H groups in total. The maximum Gasteiger partial charge on any atom is 0.159 e. The Morgan fingerprint density at radius 1 is 1.29 bits per heavy atom. The average Bonchev–Trinajstić information content (AvgIpc) is 2.98. The number of pyridine rings is 1. The van der Waals surface area contributed by atoms with E-state index in [0.717, 1.165) is 29.1 Å². The second-order valence-electron chi connectivity index (χ2n) is 5.17. The van der Waals surface area contributed by atoms with E-state index in [1.807, 2.05) is 43.2 Å². The van der Waals surface area contributed by atoms with E-state index in [0.29, 0.717) is 5.88 Å². The van der Waals surface area contributed by atoms with Gasteiger partial charge in [0.15, 0.2) is 5.65 Å². The van der Waals surface area contributed by atoms with E-state index in [2.05, 4.69) is 21.6 Å². The van der Waals surface area contributed by atoms with Crippen molar-refractivity contribution in [1.82, 2.24) is 24.3 Å². The summed E-state index contributed by atoms with van der Waals surface area (Å²) in [5.74, 6) is 1.55. The number of rotatable bonds is 4. The number of hydrogen-bond donors (Lipinski definition) is 0. The molecule has 3 aromatic heterocycles.